The molecule has 2 aliphatic rings. The molecule has 7 heteroatoms. The van der Waals surface area contributed by atoms with Crippen LogP contribution < -0.4 is 4.90 Å². The Balaban J connectivity index is 1.20. The fourth-order valence-electron chi connectivity index (χ4n) is 8.80. The third-order valence-electron chi connectivity index (χ3n) is 11.2. The predicted molar refractivity (Wildman–Crippen MR) is 221 cm³/mol. The van der Waals surface area contributed by atoms with Crippen LogP contribution in [0.4, 0.5) is 11.7 Å². The number of hydrogen-bond donors (Lipinski definition) is 0. The lowest BCUT2D eigenvalue weighted by atomic mass is 9.91. The number of fused-ring (bicyclic) bond motifs is 10. The van der Waals surface area contributed by atoms with E-state index < -0.39 is 0 Å². The van der Waals surface area contributed by atoms with E-state index in [4.69, 9.17) is 24.4 Å². The predicted octanol–water partition coefficient (Wildman–Crippen LogP) is 11.5. The number of hydrogen-bond acceptors (Lipinski definition) is 6. The van der Waals surface area contributed by atoms with Gasteiger partial charge in [-0.2, -0.15) is 15.0 Å². The van der Waals surface area contributed by atoms with Crippen molar-refractivity contribution in [2.45, 2.75) is 12.0 Å². The molecule has 2 atom stereocenters. The van der Waals surface area contributed by atoms with E-state index in [2.05, 4.69) is 155 Å². The lowest BCUT2D eigenvalue weighted by Gasteiger charge is -2.25. The lowest BCUT2D eigenvalue weighted by molar-refractivity contribution is 0.576. The molecule has 1 aliphatic carbocycles. The molecular weight excluding hydrogens is 677 g/mol. The number of allylic oxidation sites excluding steroid dienone is 2. The third-order valence-corrected chi connectivity index (χ3v) is 11.2. The maximum Gasteiger partial charge on any atom is 0.303 e. The zero-order chi connectivity index (χ0) is 36.0. The highest BCUT2D eigenvalue weighted by molar-refractivity contribution is 6.15. The maximum atomic E-state index is 6.57. The Morgan fingerprint density at radius 3 is 1.89 bits per heavy atom. The van der Waals surface area contributed by atoms with Crippen molar-refractivity contribution in [3.63, 3.8) is 0 Å². The summed E-state index contributed by atoms with van der Waals surface area (Å²) in [6, 6.07) is 51.0. The number of para-hydroxylation sites is 3. The van der Waals surface area contributed by atoms with Gasteiger partial charge in [-0.1, -0.05) is 152 Å². The molecule has 0 spiro atoms. The van der Waals surface area contributed by atoms with Gasteiger partial charge in [0.2, 0.25) is 5.95 Å². The molecule has 12 rings (SSSR count). The molecule has 7 nitrogen and oxygen atoms in total. The van der Waals surface area contributed by atoms with Gasteiger partial charge in [0.1, 0.15) is 5.52 Å². The Kier molecular flexibility index (Phi) is 6.33. The van der Waals surface area contributed by atoms with Crippen molar-refractivity contribution in [1.29, 1.82) is 0 Å². The number of benzene rings is 7. The number of nitrogens with zero attached hydrogens (tertiary/aromatic N) is 6. The smallest absolute Gasteiger partial charge is 0.303 e. The summed E-state index contributed by atoms with van der Waals surface area (Å²) >= 11 is 0. The normalized spacial score (nSPS) is 16.2. The van der Waals surface area contributed by atoms with E-state index in [0.717, 1.165) is 71.3 Å². The summed E-state index contributed by atoms with van der Waals surface area (Å²) in [5.74, 6) is 1.86. The standard InChI is InChI=1S/C48H30N6O/c1-3-17-31-29(13-1)15-11-21-37(31)45-50-46(38-22-12-16-30-14-2-4-18-32(30)38)52-47(51-45)53-40-24-8-5-19-33(40)35-27-28-36-34-20-6-9-25-41(34)54(44(36)43(35)53)48-49-39-23-7-10-26-42(39)55-48/h1-28,34,41H. The van der Waals surface area contributed by atoms with Gasteiger partial charge in [-0.25, -0.2) is 4.98 Å². The lowest BCUT2D eigenvalue weighted by Crippen LogP contribution is -2.29. The summed E-state index contributed by atoms with van der Waals surface area (Å²) in [6.45, 7) is 0. The number of rotatable bonds is 4. The summed E-state index contributed by atoms with van der Waals surface area (Å²) < 4.78 is 8.80. The van der Waals surface area contributed by atoms with Crippen LogP contribution in [0, 0.1) is 0 Å². The van der Waals surface area contributed by atoms with E-state index in [1.165, 1.54) is 5.56 Å². The van der Waals surface area contributed by atoms with E-state index in [-0.39, 0.29) is 12.0 Å². The maximum absolute atomic E-state index is 6.57. The molecular formula is C48H30N6O. The van der Waals surface area contributed by atoms with Crippen LogP contribution in [-0.2, 0) is 0 Å². The number of oxazole rings is 1. The van der Waals surface area contributed by atoms with Crippen molar-refractivity contribution in [3.05, 3.63) is 175 Å². The van der Waals surface area contributed by atoms with E-state index >= 15 is 0 Å². The van der Waals surface area contributed by atoms with Crippen LogP contribution >= 0.6 is 0 Å². The fourth-order valence-corrected chi connectivity index (χ4v) is 8.80. The Labute approximate surface area is 315 Å². The molecule has 2 unspecified atom stereocenters. The Hall–Kier alpha value is -7.38. The van der Waals surface area contributed by atoms with Crippen molar-refractivity contribution in [1.82, 2.24) is 24.5 Å². The largest absolute Gasteiger partial charge is 0.423 e. The van der Waals surface area contributed by atoms with Crippen molar-refractivity contribution in [2.75, 3.05) is 4.90 Å². The fraction of sp³-hybridized carbons (Fsp3) is 0.0417. The zero-order valence-electron chi connectivity index (χ0n) is 29.4. The molecule has 258 valence electrons. The molecule has 3 aromatic heterocycles. The van der Waals surface area contributed by atoms with Gasteiger partial charge in [0.25, 0.3) is 0 Å². The van der Waals surface area contributed by atoms with E-state index in [1.54, 1.807) is 0 Å². The van der Waals surface area contributed by atoms with Crippen molar-refractivity contribution in [2.24, 2.45) is 0 Å². The van der Waals surface area contributed by atoms with Crippen LogP contribution in [-0.4, -0.2) is 30.5 Å². The van der Waals surface area contributed by atoms with Crippen LogP contribution in [0.1, 0.15) is 11.5 Å². The molecule has 0 amide bonds. The van der Waals surface area contributed by atoms with Gasteiger partial charge in [-0.3, -0.25) is 9.47 Å². The van der Waals surface area contributed by atoms with E-state index in [0.29, 0.717) is 23.6 Å². The zero-order valence-corrected chi connectivity index (χ0v) is 29.4. The monoisotopic (exact) mass is 706 g/mol. The minimum atomic E-state index is -0.0269. The molecule has 0 N–H and O–H groups in total. The van der Waals surface area contributed by atoms with Crippen LogP contribution in [0.5, 0.6) is 0 Å². The van der Waals surface area contributed by atoms with E-state index in [9.17, 15) is 0 Å². The molecule has 0 saturated carbocycles. The average molecular weight is 707 g/mol. The van der Waals surface area contributed by atoms with Crippen LogP contribution in [0.15, 0.2) is 174 Å². The molecule has 10 aromatic rings. The van der Waals surface area contributed by atoms with Crippen LogP contribution in [0.2, 0.25) is 0 Å². The topological polar surface area (TPSA) is 72.9 Å². The molecule has 0 bridgehead atoms. The molecule has 4 heterocycles. The first-order valence-corrected chi connectivity index (χ1v) is 18.6. The highest BCUT2D eigenvalue weighted by Gasteiger charge is 2.42. The highest BCUT2D eigenvalue weighted by atomic mass is 16.4. The Bertz CT molecular complexity index is 3120. The minimum Gasteiger partial charge on any atom is -0.423 e. The molecule has 0 saturated heterocycles. The average Bonchev–Trinajstić information content (AvgIpc) is 3.93. The van der Waals surface area contributed by atoms with Gasteiger partial charge < -0.3 is 4.42 Å². The summed E-state index contributed by atoms with van der Waals surface area (Å²) in [5.41, 5.74) is 7.70. The second-order valence-corrected chi connectivity index (χ2v) is 14.2. The summed E-state index contributed by atoms with van der Waals surface area (Å²) in [6.07, 6.45) is 8.79. The quantitative estimate of drug-likeness (QED) is 0.181. The second-order valence-electron chi connectivity index (χ2n) is 14.2. The van der Waals surface area contributed by atoms with Gasteiger partial charge >= 0.3 is 6.01 Å². The van der Waals surface area contributed by atoms with Gasteiger partial charge in [0.05, 0.1) is 22.8 Å². The van der Waals surface area contributed by atoms with Gasteiger partial charge in [-0.15, -0.1) is 0 Å². The van der Waals surface area contributed by atoms with Gasteiger partial charge in [-0.05, 0) is 45.3 Å². The second kappa shape index (κ2) is 11.6. The third kappa shape index (κ3) is 4.44. The first kappa shape index (κ1) is 30.1. The molecule has 55 heavy (non-hydrogen) atoms. The SMILES string of the molecule is C1=CC2c3ccc4c5ccccc5n(-c5nc(-c6cccc7ccccc67)nc(-c6cccc7ccccc67)n5)c4c3N(c3nc4ccccc4o3)C2C=C1. The van der Waals surface area contributed by atoms with Crippen LogP contribution in [0.3, 0.4) is 0 Å². The van der Waals surface area contributed by atoms with Crippen molar-refractivity contribution < 1.29 is 4.42 Å². The molecule has 7 aromatic carbocycles. The molecule has 0 radical (unpaired) electrons. The Morgan fingerprint density at radius 2 is 1.15 bits per heavy atom. The molecule has 0 fully saturated rings. The summed E-state index contributed by atoms with van der Waals surface area (Å²) in [7, 11) is 0. The summed E-state index contributed by atoms with van der Waals surface area (Å²) in [5, 5.41) is 6.62. The van der Waals surface area contributed by atoms with Crippen molar-refractivity contribution >= 4 is 66.2 Å². The Morgan fingerprint density at radius 1 is 0.509 bits per heavy atom. The van der Waals surface area contributed by atoms with E-state index in [1.807, 2.05) is 24.3 Å². The first-order chi connectivity index (χ1) is 27.3. The molecule has 1 aliphatic heterocycles. The first-order valence-electron chi connectivity index (χ1n) is 18.6. The summed E-state index contributed by atoms with van der Waals surface area (Å²) in [4.78, 5) is 23.4. The van der Waals surface area contributed by atoms with Crippen LogP contribution in [0.25, 0.3) is 83.2 Å². The minimum absolute atomic E-state index is 0.0269. The van der Waals surface area contributed by atoms with Gasteiger partial charge in [0.15, 0.2) is 17.2 Å². The van der Waals surface area contributed by atoms with Crippen molar-refractivity contribution in [3.8, 4) is 28.7 Å². The number of anilines is 2. The number of aromatic nitrogens is 5. The highest BCUT2D eigenvalue weighted by Crippen LogP contribution is 2.52. The van der Waals surface area contributed by atoms with Gasteiger partial charge in [0, 0.05) is 27.8 Å².